The van der Waals surface area contributed by atoms with E-state index in [1.54, 1.807) is 6.20 Å². The van der Waals surface area contributed by atoms with E-state index >= 15 is 0 Å². The van der Waals surface area contributed by atoms with Crippen LogP contribution >= 0.6 is 0 Å². The summed E-state index contributed by atoms with van der Waals surface area (Å²) in [7, 11) is 0. The molecular weight excluding hydrogens is 280 g/mol. The molecule has 126 valence electrons. The van der Waals surface area contributed by atoms with E-state index in [1.165, 1.54) is 0 Å². The maximum absolute atomic E-state index is 11.7. The summed E-state index contributed by atoms with van der Waals surface area (Å²) >= 11 is 0. The van der Waals surface area contributed by atoms with Crippen LogP contribution in [-0.4, -0.2) is 41.1 Å². The Kier molecular flexibility index (Phi) is 7.38. The lowest BCUT2D eigenvalue weighted by molar-refractivity contribution is 0.0515. The first-order chi connectivity index (χ1) is 10.3. The molecule has 6 heteroatoms. The number of aromatic nitrogens is 2. The van der Waals surface area contributed by atoms with Crippen molar-refractivity contribution < 1.29 is 9.53 Å². The van der Waals surface area contributed by atoms with Crippen molar-refractivity contribution in [2.75, 3.05) is 19.6 Å². The van der Waals surface area contributed by atoms with Crippen molar-refractivity contribution in [2.24, 2.45) is 11.8 Å². The molecule has 0 aliphatic carbocycles. The van der Waals surface area contributed by atoms with Crippen LogP contribution in [0, 0.1) is 11.8 Å². The Balaban J connectivity index is 2.25. The number of hydrogen-bond donors (Lipinski definition) is 2. The second-order valence-corrected chi connectivity index (χ2v) is 6.86. The second kappa shape index (κ2) is 8.78. The van der Waals surface area contributed by atoms with E-state index in [1.807, 2.05) is 37.7 Å². The van der Waals surface area contributed by atoms with Crippen LogP contribution in [0.15, 0.2) is 18.5 Å². The maximum atomic E-state index is 11.7. The predicted octanol–water partition coefficient (Wildman–Crippen LogP) is 2.27. The van der Waals surface area contributed by atoms with E-state index in [-0.39, 0.29) is 6.09 Å². The summed E-state index contributed by atoms with van der Waals surface area (Å²) in [6, 6.07) is 1.92. The number of carbonyl (C=O) groups is 1. The van der Waals surface area contributed by atoms with Crippen molar-refractivity contribution in [1.29, 1.82) is 0 Å². The van der Waals surface area contributed by atoms with Crippen molar-refractivity contribution in [3.05, 3.63) is 18.5 Å². The van der Waals surface area contributed by atoms with Crippen LogP contribution in [0.25, 0.3) is 0 Å². The monoisotopic (exact) mass is 310 g/mol. The summed E-state index contributed by atoms with van der Waals surface area (Å²) < 4.78 is 7.16. The molecule has 22 heavy (non-hydrogen) atoms. The highest BCUT2D eigenvalue weighted by Gasteiger charge is 2.18. The van der Waals surface area contributed by atoms with Crippen LogP contribution in [0.4, 0.5) is 4.79 Å². The van der Waals surface area contributed by atoms with Gasteiger partial charge in [-0.15, -0.1) is 0 Å². The minimum atomic E-state index is -0.459. The third kappa shape index (κ3) is 8.02. The fourth-order valence-corrected chi connectivity index (χ4v) is 1.99. The van der Waals surface area contributed by atoms with Crippen LogP contribution in [0.5, 0.6) is 0 Å². The third-order valence-electron chi connectivity index (χ3n) is 3.33. The minimum Gasteiger partial charge on any atom is -0.444 e. The van der Waals surface area contributed by atoms with E-state index in [9.17, 15) is 4.79 Å². The Morgan fingerprint density at radius 3 is 2.59 bits per heavy atom. The van der Waals surface area contributed by atoms with Crippen LogP contribution < -0.4 is 10.6 Å². The van der Waals surface area contributed by atoms with E-state index in [0.29, 0.717) is 18.4 Å². The lowest BCUT2D eigenvalue weighted by Gasteiger charge is -2.24. The standard InChI is InChI=1S/C16H30N4O2/c1-13(2)14(12-18-15(21)22-16(3,4)5)11-17-8-10-20-9-6-7-19-20/h6-7,9,13-14,17H,8,10-12H2,1-5H3,(H,18,21). The number of hydrogen-bond acceptors (Lipinski definition) is 4. The molecule has 0 saturated carbocycles. The number of amides is 1. The van der Waals surface area contributed by atoms with Gasteiger partial charge in [-0.1, -0.05) is 13.8 Å². The number of carbonyl (C=O) groups excluding carboxylic acids is 1. The van der Waals surface area contributed by atoms with E-state index in [2.05, 4.69) is 29.6 Å². The fourth-order valence-electron chi connectivity index (χ4n) is 1.99. The number of nitrogens with one attached hydrogen (secondary N) is 2. The van der Waals surface area contributed by atoms with Crippen molar-refractivity contribution in [3.8, 4) is 0 Å². The Hall–Kier alpha value is -1.56. The SMILES string of the molecule is CC(C)C(CNCCn1cccn1)CNC(=O)OC(C)(C)C. The molecule has 1 rings (SSSR count). The van der Waals surface area contributed by atoms with Gasteiger partial charge < -0.3 is 15.4 Å². The molecule has 0 spiro atoms. The molecule has 6 nitrogen and oxygen atoms in total. The summed E-state index contributed by atoms with van der Waals surface area (Å²) in [5.41, 5.74) is -0.459. The maximum Gasteiger partial charge on any atom is 0.407 e. The van der Waals surface area contributed by atoms with Gasteiger partial charge in [-0.2, -0.15) is 5.10 Å². The van der Waals surface area contributed by atoms with Crippen LogP contribution in [0.2, 0.25) is 0 Å². The highest BCUT2D eigenvalue weighted by molar-refractivity contribution is 5.67. The summed E-state index contributed by atoms with van der Waals surface area (Å²) in [4.78, 5) is 11.7. The average molecular weight is 310 g/mol. The van der Waals surface area contributed by atoms with Gasteiger partial charge in [-0.05, 0) is 45.2 Å². The molecule has 0 aliphatic heterocycles. The predicted molar refractivity (Wildman–Crippen MR) is 87.7 cm³/mol. The van der Waals surface area contributed by atoms with Crippen molar-refractivity contribution in [2.45, 2.75) is 46.8 Å². The number of rotatable bonds is 8. The molecule has 1 aromatic heterocycles. The Bertz CT molecular complexity index is 424. The molecular formula is C16H30N4O2. The van der Waals surface area contributed by atoms with E-state index < -0.39 is 5.60 Å². The lowest BCUT2D eigenvalue weighted by atomic mass is 9.96. The van der Waals surface area contributed by atoms with Crippen molar-refractivity contribution in [1.82, 2.24) is 20.4 Å². The number of alkyl carbamates (subject to hydrolysis) is 1. The van der Waals surface area contributed by atoms with Crippen LogP contribution in [0.3, 0.4) is 0 Å². The Morgan fingerprint density at radius 2 is 2.05 bits per heavy atom. The van der Waals surface area contributed by atoms with Gasteiger partial charge in [0.25, 0.3) is 0 Å². The van der Waals surface area contributed by atoms with E-state index in [0.717, 1.165) is 19.6 Å². The van der Waals surface area contributed by atoms with Crippen LogP contribution in [0.1, 0.15) is 34.6 Å². The average Bonchev–Trinajstić information content (AvgIpc) is 2.88. The molecule has 0 aliphatic rings. The molecule has 1 atom stereocenters. The van der Waals surface area contributed by atoms with Gasteiger partial charge in [0.05, 0.1) is 6.54 Å². The summed E-state index contributed by atoms with van der Waals surface area (Å²) in [6.45, 7) is 13.1. The van der Waals surface area contributed by atoms with Gasteiger partial charge in [0.15, 0.2) is 0 Å². The van der Waals surface area contributed by atoms with Gasteiger partial charge in [0.1, 0.15) is 5.60 Å². The zero-order valence-electron chi connectivity index (χ0n) is 14.4. The normalized spacial score (nSPS) is 13.2. The zero-order chi connectivity index (χ0) is 16.6. The first-order valence-corrected chi connectivity index (χ1v) is 7.93. The first kappa shape index (κ1) is 18.5. The molecule has 1 heterocycles. The highest BCUT2D eigenvalue weighted by Crippen LogP contribution is 2.10. The lowest BCUT2D eigenvalue weighted by Crippen LogP contribution is -2.40. The largest absolute Gasteiger partial charge is 0.444 e. The number of ether oxygens (including phenoxy) is 1. The topological polar surface area (TPSA) is 68.2 Å². The van der Waals surface area contributed by atoms with Gasteiger partial charge in [-0.3, -0.25) is 4.68 Å². The molecule has 0 aromatic carbocycles. The number of nitrogens with zero attached hydrogens (tertiary/aromatic N) is 2. The summed E-state index contributed by atoms with van der Waals surface area (Å²) in [5, 5.41) is 10.4. The van der Waals surface area contributed by atoms with Crippen molar-refractivity contribution >= 4 is 6.09 Å². The highest BCUT2D eigenvalue weighted by atomic mass is 16.6. The molecule has 1 amide bonds. The van der Waals surface area contributed by atoms with Gasteiger partial charge in [0, 0.05) is 25.5 Å². The molecule has 1 unspecified atom stereocenters. The molecule has 2 N–H and O–H groups in total. The quantitative estimate of drug-likeness (QED) is 0.723. The van der Waals surface area contributed by atoms with Gasteiger partial charge >= 0.3 is 6.09 Å². The molecule has 0 radical (unpaired) electrons. The second-order valence-electron chi connectivity index (χ2n) is 6.86. The fraction of sp³-hybridized carbons (Fsp3) is 0.750. The molecule has 0 saturated heterocycles. The smallest absolute Gasteiger partial charge is 0.407 e. The molecule has 0 fully saturated rings. The Morgan fingerprint density at radius 1 is 1.32 bits per heavy atom. The molecule has 1 aromatic rings. The first-order valence-electron chi connectivity index (χ1n) is 7.93. The third-order valence-corrected chi connectivity index (χ3v) is 3.33. The zero-order valence-corrected chi connectivity index (χ0v) is 14.4. The van der Waals surface area contributed by atoms with Gasteiger partial charge in [0.2, 0.25) is 0 Å². The molecule has 0 bridgehead atoms. The Labute approximate surface area is 133 Å². The minimum absolute atomic E-state index is 0.352. The van der Waals surface area contributed by atoms with Crippen LogP contribution in [-0.2, 0) is 11.3 Å². The van der Waals surface area contributed by atoms with E-state index in [4.69, 9.17) is 4.74 Å². The summed E-state index contributed by atoms with van der Waals surface area (Å²) in [6.07, 6.45) is 3.38. The summed E-state index contributed by atoms with van der Waals surface area (Å²) in [5.74, 6) is 0.845. The van der Waals surface area contributed by atoms with Crippen molar-refractivity contribution in [3.63, 3.8) is 0 Å². The van der Waals surface area contributed by atoms with Gasteiger partial charge in [-0.25, -0.2) is 4.79 Å².